The van der Waals surface area contributed by atoms with E-state index in [0.29, 0.717) is 35.1 Å². The van der Waals surface area contributed by atoms with Gasteiger partial charge in [-0.15, -0.1) is 0 Å². The molecule has 0 saturated carbocycles. The lowest BCUT2D eigenvalue weighted by Crippen LogP contribution is -2.05. The molecule has 0 atom stereocenters. The highest BCUT2D eigenvalue weighted by Crippen LogP contribution is 2.36. The van der Waals surface area contributed by atoms with Crippen molar-refractivity contribution in [1.82, 2.24) is 9.78 Å². The third kappa shape index (κ3) is 4.98. The van der Waals surface area contributed by atoms with E-state index in [2.05, 4.69) is 0 Å². The van der Waals surface area contributed by atoms with E-state index >= 15 is 0 Å². The molecule has 0 aliphatic carbocycles. The molecule has 0 saturated heterocycles. The van der Waals surface area contributed by atoms with Crippen LogP contribution in [0.4, 0.5) is 0 Å². The number of rotatable bonds is 9. The van der Waals surface area contributed by atoms with Crippen LogP contribution >= 0.6 is 0 Å². The van der Waals surface area contributed by atoms with Gasteiger partial charge in [0.2, 0.25) is 0 Å². The van der Waals surface area contributed by atoms with Crippen LogP contribution in [0.3, 0.4) is 0 Å². The molecule has 4 aromatic rings. The Labute approximate surface area is 209 Å². The van der Waals surface area contributed by atoms with Crippen molar-refractivity contribution in [3.63, 3.8) is 0 Å². The van der Waals surface area contributed by atoms with Crippen LogP contribution in [0.2, 0.25) is 0 Å². The molecule has 0 bridgehead atoms. The zero-order valence-corrected chi connectivity index (χ0v) is 20.9. The molecule has 1 aromatic heterocycles. The van der Waals surface area contributed by atoms with Gasteiger partial charge in [0.25, 0.3) is 0 Å². The Balaban J connectivity index is 1.79. The third-order valence-corrected chi connectivity index (χ3v) is 5.85. The van der Waals surface area contributed by atoms with Gasteiger partial charge in [0.05, 0.1) is 59.0 Å². The van der Waals surface area contributed by atoms with Gasteiger partial charge >= 0.3 is 5.97 Å². The fourth-order valence-electron chi connectivity index (χ4n) is 3.94. The Morgan fingerprint density at radius 1 is 0.694 bits per heavy atom. The smallest absolute Gasteiger partial charge is 0.337 e. The zero-order valence-electron chi connectivity index (χ0n) is 20.9. The van der Waals surface area contributed by atoms with Crippen LogP contribution in [-0.2, 0) is 11.3 Å². The van der Waals surface area contributed by atoms with E-state index in [1.54, 1.807) is 40.6 Å². The van der Waals surface area contributed by atoms with Gasteiger partial charge in [-0.05, 0) is 60.2 Å². The molecule has 0 unspecified atom stereocenters. The summed E-state index contributed by atoms with van der Waals surface area (Å²) in [5.74, 6) is 2.16. The Morgan fingerprint density at radius 2 is 1.25 bits per heavy atom. The van der Waals surface area contributed by atoms with Crippen molar-refractivity contribution in [3.8, 4) is 45.5 Å². The molecular weight excluding hydrogens is 460 g/mol. The summed E-state index contributed by atoms with van der Waals surface area (Å²) in [4.78, 5) is 11.8. The second-order valence-corrected chi connectivity index (χ2v) is 7.90. The van der Waals surface area contributed by atoms with E-state index in [4.69, 9.17) is 28.8 Å². The van der Waals surface area contributed by atoms with Crippen molar-refractivity contribution in [1.29, 1.82) is 0 Å². The molecule has 0 amide bonds. The van der Waals surface area contributed by atoms with Gasteiger partial charge in [0, 0.05) is 11.1 Å². The maximum absolute atomic E-state index is 11.8. The van der Waals surface area contributed by atoms with E-state index in [1.807, 2.05) is 59.3 Å². The molecule has 8 heteroatoms. The molecule has 0 radical (unpaired) electrons. The van der Waals surface area contributed by atoms with Crippen LogP contribution in [0, 0.1) is 0 Å². The monoisotopic (exact) mass is 488 g/mol. The summed E-state index contributed by atoms with van der Waals surface area (Å²) < 4.78 is 28.5. The van der Waals surface area contributed by atoms with E-state index < -0.39 is 0 Å². The molecule has 1 heterocycles. The fraction of sp³-hybridized carbons (Fsp3) is 0.214. The summed E-state index contributed by atoms with van der Waals surface area (Å²) in [7, 11) is 7.79. The maximum atomic E-state index is 11.8. The molecule has 0 fully saturated rings. The number of carbonyl (C=O) groups is 1. The van der Waals surface area contributed by atoms with Gasteiger partial charge in [0.1, 0.15) is 0 Å². The second kappa shape index (κ2) is 10.9. The van der Waals surface area contributed by atoms with Crippen LogP contribution in [-0.4, -0.2) is 51.3 Å². The van der Waals surface area contributed by atoms with E-state index in [9.17, 15) is 4.79 Å². The second-order valence-electron chi connectivity index (χ2n) is 7.90. The van der Waals surface area contributed by atoms with Crippen LogP contribution < -0.4 is 18.9 Å². The van der Waals surface area contributed by atoms with Crippen molar-refractivity contribution >= 4 is 5.97 Å². The average molecular weight is 489 g/mol. The number of aromatic nitrogens is 2. The first-order valence-electron chi connectivity index (χ1n) is 11.2. The third-order valence-electron chi connectivity index (χ3n) is 5.85. The normalized spacial score (nSPS) is 10.6. The average Bonchev–Trinajstić information content (AvgIpc) is 3.35. The van der Waals surface area contributed by atoms with Gasteiger partial charge in [-0.25, -0.2) is 4.79 Å². The fourth-order valence-corrected chi connectivity index (χ4v) is 3.94. The number of hydrogen-bond donors (Lipinski definition) is 0. The zero-order chi connectivity index (χ0) is 25.7. The largest absolute Gasteiger partial charge is 0.493 e. The highest BCUT2D eigenvalue weighted by molar-refractivity contribution is 5.89. The van der Waals surface area contributed by atoms with Gasteiger partial charge in [-0.3, -0.25) is 4.68 Å². The number of carbonyl (C=O) groups excluding carboxylic acids is 1. The van der Waals surface area contributed by atoms with Crippen molar-refractivity contribution in [3.05, 3.63) is 77.9 Å². The highest BCUT2D eigenvalue weighted by atomic mass is 16.5. The van der Waals surface area contributed by atoms with Crippen LogP contribution in [0.5, 0.6) is 23.0 Å². The lowest BCUT2D eigenvalue weighted by atomic mass is 10.1. The topological polar surface area (TPSA) is 81.0 Å². The minimum atomic E-state index is -0.373. The Hall–Kier alpha value is -4.46. The first-order valence-corrected chi connectivity index (χ1v) is 11.2. The number of esters is 1. The predicted molar refractivity (Wildman–Crippen MR) is 136 cm³/mol. The van der Waals surface area contributed by atoms with E-state index in [-0.39, 0.29) is 5.97 Å². The van der Waals surface area contributed by atoms with Crippen molar-refractivity contribution < 1.29 is 28.5 Å². The first kappa shape index (κ1) is 24.7. The van der Waals surface area contributed by atoms with Gasteiger partial charge in [-0.2, -0.15) is 5.10 Å². The minimum Gasteiger partial charge on any atom is -0.493 e. The summed E-state index contributed by atoms with van der Waals surface area (Å²) in [6.07, 6.45) is 0. The highest BCUT2D eigenvalue weighted by Gasteiger charge is 2.16. The standard InChI is InChI=1S/C28H28N2O6/c1-32-24-12-10-20(14-26(24)34-3)22-16-23(21-11-13-25(33-2)27(15-21)35-4)30(29-22)17-18-6-8-19(9-7-18)28(31)36-5/h6-16H,17H2,1-5H3. The molecule has 0 spiro atoms. The summed E-state index contributed by atoms with van der Waals surface area (Å²) in [5, 5.41) is 4.91. The Morgan fingerprint density at radius 3 is 1.81 bits per heavy atom. The first-order chi connectivity index (χ1) is 17.5. The van der Waals surface area contributed by atoms with E-state index in [0.717, 1.165) is 28.1 Å². The van der Waals surface area contributed by atoms with Crippen molar-refractivity contribution in [2.45, 2.75) is 6.54 Å². The molecular formula is C28H28N2O6. The predicted octanol–water partition coefficient (Wildman–Crippen LogP) is 5.09. The molecule has 186 valence electrons. The molecule has 4 rings (SSSR count). The van der Waals surface area contributed by atoms with Gasteiger partial charge < -0.3 is 23.7 Å². The lowest BCUT2D eigenvalue weighted by Gasteiger charge is -2.12. The molecule has 36 heavy (non-hydrogen) atoms. The summed E-state index contributed by atoms with van der Waals surface area (Å²) in [6, 6.07) is 20.7. The van der Waals surface area contributed by atoms with Gasteiger partial charge in [0.15, 0.2) is 23.0 Å². The SMILES string of the molecule is COC(=O)c1ccc(Cn2nc(-c3ccc(OC)c(OC)c3)cc2-c2ccc(OC)c(OC)c2)cc1. The minimum absolute atomic E-state index is 0.373. The molecule has 3 aromatic carbocycles. The molecule has 8 nitrogen and oxygen atoms in total. The number of methoxy groups -OCH3 is 5. The lowest BCUT2D eigenvalue weighted by molar-refractivity contribution is 0.0600. The summed E-state index contributed by atoms with van der Waals surface area (Å²) in [6.45, 7) is 0.485. The van der Waals surface area contributed by atoms with E-state index in [1.165, 1.54) is 7.11 Å². The number of ether oxygens (including phenoxy) is 5. The van der Waals surface area contributed by atoms with Crippen molar-refractivity contribution in [2.24, 2.45) is 0 Å². The quantitative estimate of drug-likeness (QED) is 0.304. The molecule has 0 aliphatic heterocycles. The number of nitrogens with zero attached hydrogens (tertiary/aromatic N) is 2. The Kier molecular flexibility index (Phi) is 7.44. The van der Waals surface area contributed by atoms with Gasteiger partial charge in [-0.1, -0.05) is 12.1 Å². The number of benzene rings is 3. The van der Waals surface area contributed by atoms with Crippen LogP contribution in [0.15, 0.2) is 66.7 Å². The Bertz CT molecular complexity index is 1360. The molecule has 0 aliphatic rings. The number of hydrogen-bond acceptors (Lipinski definition) is 7. The van der Waals surface area contributed by atoms with Crippen molar-refractivity contribution in [2.75, 3.05) is 35.5 Å². The summed E-state index contributed by atoms with van der Waals surface area (Å²) >= 11 is 0. The summed E-state index contributed by atoms with van der Waals surface area (Å²) in [5.41, 5.74) is 4.93. The maximum Gasteiger partial charge on any atom is 0.337 e. The van der Waals surface area contributed by atoms with Crippen LogP contribution in [0.25, 0.3) is 22.5 Å². The van der Waals surface area contributed by atoms with Crippen LogP contribution in [0.1, 0.15) is 15.9 Å². The molecule has 0 N–H and O–H groups in total.